The quantitative estimate of drug-likeness (QED) is 0.686. The molecule has 2 heterocycles. The smallest absolute Gasteiger partial charge is 0.259 e. The van der Waals surface area contributed by atoms with E-state index in [1.807, 2.05) is 31.2 Å². The summed E-state index contributed by atoms with van der Waals surface area (Å²) in [5.41, 5.74) is 2.88. The lowest BCUT2D eigenvalue weighted by Crippen LogP contribution is -1.83. The fourth-order valence-corrected chi connectivity index (χ4v) is 1.58. The number of benzene rings is 1. The topological polar surface area (TPSA) is 64.7 Å². The molecule has 0 saturated heterocycles. The van der Waals surface area contributed by atoms with Crippen molar-refractivity contribution in [2.45, 2.75) is 6.92 Å². The van der Waals surface area contributed by atoms with Gasteiger partial charge in [-0.25, -0.2) is 0 Å². The van der Waals surface area contributed by atoms with Crippen molar-refractivity contribution in [3.63, 3.8) is 0 Å². The van der Waals surface area contributed by atoms with Crippen LogP contribution in [0, 0.1) is 6.92 Å². The molecule has 5 nitrogen and oxygen atoms in total. The van der Waals surface area contributed by atoms with E-state index >= 15 is 0 Å². The molecule has 3 rings (SSSR count). The highest BCUT2D eigenvalue weighted by atomic mass is 16.5. The lowest BCUT2D eigenvalue weighted by Gasteiger charge is -1.94. The zero-order valence-electron chi connectivity index (χ0n) is 9.74. The molecule has 0 aliphatic heterocycles. The van der Waals surface area contributed by atoms with Gasteiger partial charge < -0.3 is 4.52 Å². The normalized spacial score (nSPS) is 10.5. The number of hydrogen-bond donors (Lipinski definition) is 0. The van der Waals surface area contributed by atoms with Gasteiger partial charge in [-0.3, -0.25) is 0 Å². The summed E-state index contributed by atoms with van der Waals surface area (Å²) < 4.78 is 5.21. The molecule has 0 saturated carbocycles. The largest absolute Gasteiger partial charge is 0.334 e. The molecule has 3 aromatic rings. The fraction of sp³-hybridized carbons (Fsp3) is 0.0769. The molecule has 0 aliphatic rings. The van der Waals surface area contributed by atoms with Crippen LogP contribution in [-0.4, -0.2) is 20.3 Å². The van der Waals surface area contributed by atoms with E-state index in [1.54, 1.807) is 18.5 Å². The lowest BCUT2D eigenvalue weighted by molar-refractivity contribution is 0.432. The Hall–Kier alpha value is -2.56. The Bertz CT molecular complexity index is 646. The molecule has 0 fully saturated rings. The lowest BCUT2D eigenvalue weighted by atomic mass is 10.1. The minimum absolute atomic E-state index is 0.445. The molecule has 0 atom stereocenters. The molecule has 1 aromatic carbocycles. The van der Waals surface area contributed by atoms with Crippen LogP contribution in [0.3, 0.4) is 0 Å². The van der Waals surface area contributed by atoms with Crippen LogP contribution in [0.5, 0.6) is 0 Å². The Morgan fingerprint density at radius 2 is 1.78 bits per heavy atom. The van der Waals surface area contributed by atoms with E-state index in [4.69, 9.17) is 4.52 Å². The van der Waals surface area contributed by atoms with Gasteiger partial charge in [0.25, 0.3) is 5.89 Å². The van der Waals surface area contributed by atoms with Gasteiger partial charge >= 0.3 is 0 Å². The third-order valence-electron chi connectivity index (χ3n) is 2.57. The summed E-state index contributed by atoms with van der Waals surface area (Å²) in [5, 5.41) is 11.4. The predicted octanol–water partition coefficient (Wildman–Crippen LogP) is 2.50. The molecular weight excluding hydrogens is 228 g/mol. The molecule has 0 amide bonds. The van der Waals surface area contributed by atoms with Crippen molar-refractivity contribution >= 4 is 0 Å². The molecule has 0 radical (unpaired) electrons. The molecule has 0 bridgehead atoms. The first kappa shape index (κ1) is 10.6. The van der Waals surface area contributed by atoms with Crippen molar-refractivity contribution in [2.24, 2.45) is 0 Å². The van der Waals surface area contributed by atoms with E-state index < -0.39 is 0 Å². The van der Waals surface area contributed by atoms with Crippen LogP contribution in [-0.2, 0) is 0 Å². The molecule has 0 N–H and O–H groups in total. The summed E-state index contributed by atoms with van der Waals surface area (Å²) in [6.07, 6.45) is 3.18. The summed E-state index contributed by atoms with van der Waals surface area (Å²) in [4.78, 5) is 4.33. The number of nitrogens with zero attached hydrogens (tertiary/aromatic N) is 4. The third-order valence-corrected chi connectivity index (χ3v) is 2.57. The number of rotatable bonds is 2. The second kappa shape index (κ2) is 4.37. The first-order chi connectivity index (χ1) is 8.83. The highest BCUT2D eigenvalue weighted by Crippen LogP contribution is 2.21. The van der Waals surface area contributed by atoms with Crippen molar-refractivity contribution < 1.29 is 4.52 Å². The maximum Gasteiger partial charge on any atom is 0.259 e. The molecular formula is C13H10N4O. The number of hydrogen-bond acceptors (Lipinski definition) is 5. The van der Waals surface area contributed by atoms with Crippen LogP contribution in [0.4, 0.5) is 0 Å². The van der Waals surface area contributed by atoms with Crippen molar-refractivity contribution in [3.05, 3.63) is 48.3 Å². The van der Waals surface area contributed by atoms with E-state index in [2.05, 4.69) is 20.3 Å². The molecule has 0 unspecified atom stereocenters. The first-order valence-corrected chi connectivity index (χ1v) is 5.51. The van der Waals surface area contributed by atoms with E-state index in [1.165, 1.54) is 5.56 Å². The highest BCUT2D eigenvalue weighted by molar-refractivity contribution is 5.59. The van der Waals surface area contributed by atoms with Crippen LogP contribution in [0.15, 0.2) is 47.2 Å². The van der Waals surface area contributed by atoms with Crippen LogP contribution in [0.2, 0.25) is 0 Å². The number of aryl methyl sites for hydroxylation is 1. The summed E-state index contributed by atoms with van der Waals surface area (Å²) >= 11 is 0. The van der Waals surface area contributed by atoms with Crippen LogP contribution >= 0.6 is 0 Å². The molecule has 2 aromatic heterocycles. The Labute approximate surface area is 104 Å². The monoisotopic (exact) mass is 238 g/mol. The van der Waals surface area contributed by atoms with E-state index in [9.17, 15) is 0 Å². The fourth-order valence-electron chi connectivity index (χ4n) is 1.58. The zero-order valence-corrected chi connectivity index (χ0v) is 9.74. The van der Waals surface area contributed by atoms with Gasteiger partial charge in [0.2, 0.25) is 5.82 Å². The Kier molecular flexibility index (Phi) is 2.57. The minimum Gasteiger partial charge on any atom is -0.334 e. The van der Waals surface area contributed by atoms with Crippen molar-refractivity contribution in [2.75, 3.05) is 0 Å². The van der Waals surface area contributed by atoms with Crippen LogP contribution in [0.1, 0.15) is 5.56 Å². The van der Waals surface area contributed by atoms with Gasteiger partial charge in [0.1, 0.15) is 0 Å². The minimum atomic E-state index is 0.445. The average Bonchev–Trinajstić information content (AvgIpc) is 2.90. The van der Waals surface area contributed by atoms with Crippen LogP contribution in [0.25, 0.3) is 22.8 Å². The van der Waals surface area contributed by atoms with Gasteiger partial charge in [0.15, 0.2) is 0 Å². The van der Waals surface area contributed by atoms with Crippen LogP contribution < -0.4 is 0 Å². The van der Waals surface area contributed by atoms with Gasteiger partial charge in [0.05, 0.1) is 18.0 Å². The standard InChI is InChI=1S/C13H10N4O/c1-9-2-4-10(5-3-9)12-16-13(18-17-12)11-6-7-14-15-8-11/h2-8H,1H3. The third kappa shape index (κ3) is 1.98. The van der Waals surface area contributed by atoms with Gasteiger partial charge in [-0.15, -0.1) is 0 Å². The molecule has 0 aliphatic carbocycles. The first-order valence-electron chi connectivity index (χ1n) is 5.51. The molecule has 5 heteroatoms. The SMILES string of the molecule is Cc1ccc(-c2noc(-c3ccnnc3)n2)cc1. The maximum absolute atomic E-state index is 5.21. The predicted molar refractivity (Wildman–Crippen MR) is 65.5 cm³/mol. The van der Waals surface area contributed by atoms with Gasteiger partial charge in [-0.05, 0) is 13.0 Å². The van der Waals surface area contributed by atoms with Gasteiger partial charge in [-0.2, -0.15) is 15.2 Å². The van der Waals surface area contributed by atoms with Gasteiger partial charge in [0, 0.05) is 5.56 Å². The van der Waals surface area contributed by atoms with Crippen molar-refractivity contribution in [1.29, 1.82) is 0 Å². The number of aromatic nitrogens is 4. The Balaban J connectivity index is 1.97. The summed E-state index contributed by atoms with van der Waals surface area (Å²) in [5.74, 6) is 1.02. The second-order valence-electron chi connectivity index (χ2n) is 3.92. The van der Waals surface area contributed by atoms with Crippen molar-refractivity contribution in [3.8, 4) is 22.8 Å². The average molecular weight is 238 g/mol. The molecule has 18 heavy (non-hydrogen) atoms. The maximum atomic E-state index is 5.21. The second-order valence-corrected chi connectivity index (χ2v) is 3.92. The van der Waals surface area contributed by atoms with Crippen molar-refractivity contribution in [1.82, 2.24) is 20.3 Å². The molecule has 0 spiro atoms. The van der Waals surface area contributed by atoms with E-state index in [0.29, 0.717) is 11.7 Å². The zero-order chi connectivity index (χ0) is 12.4. The van der Waals surface area contributed by atoms with Gasteiger partial charge in [-0.1, -0.05) is 35.0 Å². The molecule has 88 valence electrons. The summed E-state index contributed by atoms with van der Waals surface area (Å²) in [6, 6.07) is 9.74. The summed E-state index contributed by atoms with van der Waals surface area (Å²) in [6.45, 7) is 2.04. The summed E-state index contributed by atoms with van der Waals surface area (Å²) in [7, 11) is 0. The van der Waals surface area contributed by atoms with E-state index in [-0.39, 0.29) is 0 Å². The Morgan fingerprint density at radius 1 is 0.944 bits per heavy atom. The Morgan fingerprint density at radius 3 is 2.50 bits per heavy atom. The highest BCUT2D eigenvalue weighted by Gasteiger charge is 2.10. The van der Waals surface area contributed by atoms with E-state index in [0.717, 1.165) is 11.1 Å².